The van der Waals surface area contributed by atoms with Gasteiger partial charge in [0.1, 0.15) is 0 Å². The monoisotopic (exact) mass is 295 g/mol. The predicted molar refractivity (Wildman–Crippen MR) is 75.4 cm³/mol. The lowest BCUT2D eigenvalue weighted by Crippen LogP contribution is -2.26. The van der Waals surface area contributed by atoms with Crippen molar-refractivity contribution in [3.05, 3.63) is 54.1 Å². The van der Waals surface area contributed by atoms with Crippen LogP contribution in [-0.4, -0.2) is 23.9 Å². The molecule has 0 bridgehead atoms. The number of halogens is 3. The molecular weight excluding hydrogens is 279 g/mol. The smallest absolute Gasteiger partial charge is 0.339 e. The van der Waals surface area contributed by atoms with Gasteiger partial charge in [0.25, 0.3) is 0 Å². The third-order valence-corrected chi connectivity index (χ3v) is 3.49. The minimum absolute atomic E-state index is 0.107. The zero-order chi connectivity index (χ0) is 15.5. The van der Waals surface area contributed by atoms with E-state index < -0.39 is 11.7 Å². The average Bonchev–Trinajstić information content (AvgIpc) is 2.92. The van der Waals surface area contributed by atoms with Crippen LogP contribution in [-0.2, 0) is 11.0 Å². The first-order valence-electron chi connectivity index (χ1n) is 6.67. The standard InChI is InChI=1S/C16H16F3NO/c1-2-15(21)20-9-8-13(11-20)7-6-12-4-3-5-14(10-12)16(17,18)19/h2-7,10,13H,1,8-9,11H2/b7-6-/t13-/m0/s1. The molecule has 1 aromatic rings. The van der Waals surface area contributed by atoms with Crippen LogP contribution in [0.1, 0.15) is 17.5 Å². The second kappa shape index (κ2) is 6.16. The highest BCUT2D eigenvalue weighted by Crippen LogP contribution is 2.30. The van der Waals surface area contributed by atoms with Gasteiger partial charge < -0.3 is 4.90 Å². The second-order valence-corrected chi connectivity index (χ2v) is 5.02. The number of hydrogen-bond donors (Lipinski definition) is 0. The number of hydrogen-bond acceptors (Lipinski definition) is 1. The summed E-state index contributed by atoms with van der Waals surface area (Å²) in [6.07, 6.45) is 1.31. The van der Waals surface area contributed by atoms with Crippen molar-refractivity contribution < 1.29 is 18.0 Å². The fourth-order valence-electron chi connectivity index (χ4n) is 2.34. The summed E-state index contributed by atoms with van der Waals surface area (Å²) in [4.78, 5) is 13.1. The number of amides is 1. The normalized spacial score (nSPS) is 19.2. The topological polar surface area (TPSA) is 20.3 Å². The Bertz CT molecular complexity index is 563. The molecule has 0 spiro atoms. The first-order valence-corrected chi connectivity index (χ1v) is 6.67. The maximum atomic E-state index is 12.6. The van der Waals surface area contributed by atoms with Gasteiger partial charge in [0.15, 0.2) is 0 Å². The van der Waals surface area contributed by atoms with Crippen LogP contribution >= 0.6 is 0 Å². The van der Waals surface area contributed by atoms with Gasteiger partial charge in [-0.15, -0.1) is 0 Å². The quantitative estimate of drug-likeness (QED) is 0.778. The number of carbonyl (C=O) groups excluding carboxylic acids is 1. The van der Waals surface area contributed by atoms with Crippen LogP contribution in [0.25, 0.3) is 6.08 Å². The fourth-order valence-corrected chi connectivity index (χ4v) is 2.34. The molecule has 112 valence electrons. The van der Waals surface area contributed by atoms with Gasteiger partial charge in [-0.25, -0.2) is 0 Å². The van der Waals surface area contributed by atoms with E-state index in [-0.39, 0.29) is 11.8 Å². The van der Waals surface area contributed by atoms with Crippen LogP contribution < -0.4 is 0 Å². The Morgan fingerprint density at radius 3 is 2.81 bits per heavy atom. The molecule has 21 heavy (non-hydrogen) atoms. The van der Waals surface area contributed by atoms with Crippen molar-refractivity contribution in [3.8, 4) is 0 Å². The molecule has 1 aliphatic rings. The Morgan fingerprint density at radius 1 is 1.38 bits per heavy atom. The number of likely N-dealkylation sites (tertiary alicyclic amines) is 1. The Labute approximate surface area is 121 Å². The lowest BCUT2D eigenvalue weighted by molar-refractivity contribution is -0.137. The van der Waals surface area contributed by atoms with E-state index >= 15 is 0 Å². The van der Waals surface area contributed by atoms with Gasteiger partial charge in [-0.1, -0.05) is 30.9 Å². The van der Waals surface area contributed by atoms with Crippen LogP contribution in [0.2, 0.25) is 0 Å². The number of carbonyl (C=O) groups is 1. The molecule has 0 radical (unpaired) electrons. The number of rotatable bonds is 3. The summed E-state index contributed by atoms with van der Waals surface area (Å²) in [7, 11) is 0. The van der Waals surface area contributed by atoms with E-state index in [4.69, 9.17) is 0 Å². The molecule has 2 nitrogen and oxygen atoms in total. The van der Waals surface area contributed by atoms with Crippen LogP contribution in [0.3, 0.4) is 0 Å². The van der Waals surface area contributed by atoms with E-state index in [9.17, 15) is 18.0 Å². The average molecular weight is 295 g/mol. The summed E-state index contributed by atoms with van der Waals surface area (Å²) in [5, 5.41) is 0. The maximum Gasteiger partial charge on any atom is 0.416 e. The molecule has 1 fully saturated rings. The summed E-state index contributed by atoms with van der Waals surface area (Å²) in [6, 6.07) is 5.20. The second-order valence-electron chi connectivity index (χ2n) is 5.02. The fraction of sp³-hybridized carbons (Fsp3) is 0.312. The Morgan fingerprint density at radius 2 is 2.14 bits per heavy atom. The third kappa shape index (κ3) is 3.97. The van der Waals surface area contributed by atoms with Gasteiger partial charge in [-0.3, -0.25) is 4.79 Å². The maximum absolute atomic E-state index is 12.6. The lowest BCUT2D eigenvalue weighted by atomic mass is 10.1. The van der Waals surface area contributed by atoms with E-state index in [0.29, 0.717) is 18.7 Å². The van der Waals surface area contributed by atoms with E-state index in [1.807, 2.05) is 6.08 Å². The van der Waals surface area contributed by atoms with Crippen LogP contribution in [0.5, 0.6) is 0 Å². The number of benzene rings is 1. The Balaban J connectivity index is 2.02. The van der Waals surface area contributed by atoms with Gasteiger partial charge in [0.05, 0.1) is 5.56 Å². The van der Waals surface area contributed by atoms with Gasteiger partial charge in [-0.2, -0.15) is 13.2 Å². The Kier molecular flexibility index (Phi) is 4.50. The van der Waals surface area contributed by atoms with Crippen molar-refractivity contribution in [1.82, 2.24) is 4.90 Å². The molecule has 1 saturated heterocycles. The highest BCUT2D eigenvalue weighted by atomic mass is 19.4. The van der Waals surface area contributed by atoms with E-state index in [1.54, 1.807) is 17.0 Å². The first kappa shape index (κ1) is 15.4. The molecule has 0 N–H and O–H groups in total. The Hall–Kier alpha value is -2.04. The minimum atomic E-state index is -4.33. The molecule has 5 heteroatoms. The van der Waals surface area contributed by atoms with Gasteiger partial charge in [0, 0.05) is 13.1 Å². The molecular formula is C16H16F3NO. The third-order valence-electron chi connectivity index (χ3n) is 3.49. The molecule has 2 rings (SSSR count). The van der Waals surface area contributed by atoms with Crippen molar-refractivity contribution >= 4 is 12.0 Å². The van der Waals surface area contributed by atoms with Gasteiger partial charge in [-0.05, 0) is 36.1 Å². The summed E-state index contributed by atoms with van der Waals surface area (Å²) < 4.78 is 37.8. The van der Waals surface area contributed by atoms with Gasteiger partial charge in [0.2, 0.25) is 5.91 Å². The molecule has 0 aromatic heterocycles. The summed E-state index contributed by atoms with van der Waals surface area (Å²) >= 11 is 0. The molecule has 1 atom stereocenters. The first-order chi connectivity index (χ1) is 9.90. The summed E-state index contributed by atoms with van der Waals surface area (Å²) in [6.45, 7) is 4.68. The largest absolute Gasteiger partial charge is 0.416 e. The van der Waals surface area contributed by atoms with Crippen LogP contribution in [0.4, 0.5) is 13.2 Å². The predicted octanol–water partition coefficient (Wildman–Crippen LogP) is 3.75. The van der Waals surface area contributed by atoms with Crippen molar-refractivity contribution in [2.45, 2.75) is 12.6 Å². The van der Waals surface area contributed by atoms with Gasteiger partial charge >= 0.3 is 6.18 Å². The van der Waals surface area contributed by atoms with Crippen molar-refractivity contribution in [2.24, 2.45) is 5.92 Å². The van der Waals surface area contributed by atoms with Crippen molar-refractivity contribution in [1.29, 1.82) is 0 Å². The molecule has 0 unspecified atom stereocenters. The molecule has 1 heterocycles. The van der Waals surface area contributed by atoms with Crippen LogP contribution in [0, 0.1) is 5.92 Å². The molecule has 0 saturated carbocycles. The van der Waals surface area contributed by atoms with Crippen molar-refractivity contribution in [2.75, 3.05) is 13.1 Å². The summed E-state index contributed by atoms with van der Waals surface area (Å²) in [5.41, 5.74) is -0.141. The zero-order valence-corrected chi connectivity index (χ0v) is 11.4. The highest BCUT2D eigenvalue weighted by molar-refractivity contribution is 5.87. The molecule has 1 amide bonds. The number of alkyl halides is 3. The van der Waals surface area contributed by atoms with E-state index in [2.05, 4.69) is 6.58 Å². The molecule has 0 aliphatic carbocycles. The highest BCUT2D eigenvalue weighted by Gasteiger charge is 2.30. The zero-order valence-electron chi connectivity index (χ0n) is 11.4. The van der Waals surface area contributed by atoms with Crippen LogP contribution in [0.15, 0.2) is 43.0 Å². The van der Waals surface area contributed by atoms with Crippen molar-refractivity contribution in [3.63, 3.8) is 0 Å². The molecule has 1 aromatic carbocycles. The van der Waals surface area contributed by atoms with E-state index in [0.717, 1.165) is 18.6 Å². The summed E-state index contributed by atoms with van der Waals surface area (Å²) in [5.74, 6) is 0.0633. The lowest BCUT2D eigenvalue weighted by Gasteiger charge is -2.12. The number of nitrogens with zero attached hydrogens (tertiary/aromatic N) is 1. The van der Waals surface area contributed by atoms with E-state index in [1.165, 1.54) is 12.1 Å². The SMILES string of the molecule is C=CC(=O)N1CC[C@H](/C=C\c2cccc(C(F)(F)F)c2)C1. The molecule has 1 aliphatic heterocycles. The minimum Gasteiger partial charge on any atom is -0.339 e.